The van der Waals surface area contributed by atoms with Crippen molar-refractivity contribution in [2.45, 2.75) is 26.3 Å². The minimum absolute atomic E-state index is 0.127. The van der Waals surface area contributed by atoms with Crippen LogP contribution in [0.3, 0.4) is 0 Å². The van der Waals surface area contributed by atoms with E-state index in [0.29, 0.717) is 24.3 Å². The number of hydrogen-bond acceptors (Lipinski definition) is 4. The normalized spacial score (nSPS) is 11.0. The Morgan fingerprint density at radius 3 is 2.58 bits per heavy atom. The number of benzene rings is 2. The molecule has 0 saturated carbocycles. The van der Waals surface area contributed by atoms with Gasteiger partial charge < -0.3 is 9.88 Å². The van der Waals surface area contributed by atoms with Crippen LogP contribution in [0.4, 0.5) is 0 Å². The Morgan fingerprint density at radius 1 is 1.06 bits per heavy atom. The molecule has 0 saturated heterocycles. The maximum Gasteiger partial charge on any atom is 0.274 e. The van der Waals surface area contributed by atoms with E-state index in [1.54, 1.807) is 40.8 Å². The Balaban J connectivity index is 1.61. The second kappa shape index (κ2) is 8.97. The number of hydroxylamine groups is 1. The van der Waals surface area contributed by atoms with E-state index in [4.69, 9.17) is 5.21 Å². The Hall–Kier alpha value is -3.71. The number of carbonyl (C=O) groups is 2. The molecule has 0 aliphatic rings. The first-order chi connectivity index (χ1) is 15.1. The summed E-state index contributed by atoms with van der Waals surface area (Å²) in [5.41, 5.74) is 5.18. The summed E-state index contributed by atoms with van der Waals surface area (Å²) in [5, 5.41) is 10.8. The Kier molecular flexibility index (Phi) is 5.95. The zero-order valence-electron chi connectivity index (χ0n) is 17.3. The topological polar surface area (TPSA) is 98.3 Å². The van der Waals surface area contributed by atoms with E-state index in [1.807, 2.05) is 30.3 Å². The summed E-state index contributed by atoms with van der Waals surface area (Å²) in [6, 6.07) is 16.7. The fraction of sp³-hybridized carbons (Fsp3) is 0.208. The van der Waals surface area contributed by atoms with E-state index < -0.39 is 5.91 Å². The number of H-pyrrole nitrogens is 1. The maximum absolute atomic E-state index is 13.3. The third-order valence-electron chi connectivity index (χ3n) is 5.37. The van der Waals surface area contributed by atoms with Crippen molar-refractivity contribution < 1.29 is 14.8 Å². The van der Waals surface area contributed by atoms with Gasteiger partial charge in [-0.15, -0.1) is 0 Å². The molecule has 0 spiro atoms. The molecule has 2 heterocycles. The fourth-order valence-corrected chi connectivity index (χ4v) is 3.68. The van der Waals surface area contributed by atoms with E-state index in [-0.39, 0.29) is 5.91 Å². The number of amides is 2. The van der Waals surface area contributed by atoms with Gasteiger partial charge in [-0.05, 0) is 36.2 Å². The third-order valence-corrected chi connectivity index (χ3v) is 5.37. The first-order valence-corrected chi connectivity index (χ1v) is 10.3. The first-order valence-electron chi connectivity index (χ1n) is 10.3. The number of nitrogens with zero attached hydrogens (tertiary/aromatic N) is 2. The summed E-state index contributed by atoms with van der Waals surface area (Å²) < 4.78 is 0. The van der Waals surface area contributed by atoms with Gasteiger partial charge in [-0.3, -0.25) is 14.8 Å². The van der Waals surface area contributed by atoms with Crippen LogP contribution in [0.5, 0.6) is 0 Å². The smallest absolute Gasteiger partial charge is 0.274 e. The van der Waals surface area contributed by atoms with Crippen LogP contribution in [0.2, 0.25) is 0 Å². The summed E-state index contributed by atoms with van der Waals surface area (Å²) >= 11 is 0. The van der Waals surface area contributed by atoms with Crippen molar-refractivity contribution in [3.63, 3.8) is 0 Å². The maximum atomic E-state index is 13.3. The van der Waals surface area contributed by atoms with Crippen LogP contribution in [0, 0.1) is 0 Å². The lowest BCUT2D eigenvalue weighted by Crippen LogP contribution is -2.32. The molecule has 7 heteroatoms. The predicted octanol–water partition coefficient (Wildman–Crippen LogP) is 4.28. The lowest BCUT2D eigenvalue weighted by Gasteiger charge is -2.22. The van der Waals surface area contributed by atoms with Crippen LogP contribution in [0.15, 0.2) is 60.8 Å². The summed E-state index contributed by atoms with van der Waals surface area (Å²) in [5.74, 6) is -0.695. The Labute approximate surface area is 179 Å². The molecular weight excluding hydrogens is 392 g/mol. The molecule has 0 aliphatic carbocycles. The highest BCUT2D eigenvalue weighted by Gasteiger charge is 2.19. The molecule has 158 valence electrons. The minimum Gasteiger partial charge on any atom is -0.353 e. The van der Waals surface area contributed by atoms with Gasteiger partial charge in [0.1, 0.15) is 5.69 Å². The highest BCUT2D eigenvalue weighted by molar-refractivity contribution is 6.09. The van der Waals surface area contributed by atoms with Crippen LogP contribution in [0.1, 0.15) is 46.2 Å². The minimum atomic E-state index is -0.568. The highest BCUT2D eigenvalue weighted by atomic mass is 16.5. The number of fused-ring (bicyclic) bond motifs is 3. The molecule has 31 heavy (non-hydrogen) atoms. The van der Waals surface area contributed by atoms with Crippen LogP contribution in [0.25, 0.3) is 21.8 Å². The molecule has 0 aliphatic heterocycles. The molecule has 0 radical (unpaired) electrons. The van der Waals surface area contributed by atoms with Crippen molar-refractivity contribution in [1.29, 1.82) is 0 Å². The number of carbonyl (C=O) groups excluding carboxylic acids is 2. The average molecular weight is 416 g/mol. The third kappa shape index (κ3) is 4.27. The van der Waals surface area contributed by atoms with Crippen LogP contribution < -0.4 is 5.48 Å². The number of pyridine rings is 1. The lowest BCUT2D eigenvalue weighted by molar-refractivity contribution is 0.0704. The van der Waals surface area contributed by atoms with Crippen molar-refractivity contribution in [3.8, 4) is 0 Å². The van der Waals surface area contributed by atoms with Gasteiger partial charge in [0.2, 0.25) is 0 Å². The van der Waals surface area contributed by atoms with Gasteiger partial charge in [0, 0.05) is 34.9 Å². The summed E-state index contributed by atoms with van der Waals surface area (Å²) in [7, 11) is 0. The predicted molar refractivity (Wildman–Crippen MR) is 119 cm³/mol. The molecule has 0 bridgehead atoms. The molecule has 2 aromatic carbocycles. The Morgan fingerprint density at radius 2 is 1.84 bits per heavy atom. The zero-order valence-corrected chi connectivity index (χ0v) is 17.3. The summed E-state index contributed by atoms with van der Waals surface area (Å²) in [6.45, 7) is 3.11. The molecule has 2 aromatic heterocycles. The van der Waals surface area contributed by atoms with Gasteiger partial charge in [0.15, 0.2) is 0 Å². The second-order valence-electron chi connectivity index (χ2n) is 7.50. The number of nitrogens with one attached hydrogen (secondary N) is 2. The summed E-state index contributed by atoms with van der Waals surface area (Å²) in [6.07, 6.45) is 3.56. The molecule has 2 amide bonds. The molecular formula is C24H24N4O3. The number of aromatic amines is 1. The zero-order chi connectivity index (χ0) is 21.8. The van der Waals surface area contributed by atoms with Crippen molar-refractivity contribution in [3.05, 3.63) is 77.6 Å². The van der Waals surface area contributed by atoms with Crippen molar-refractivity contribution in [2.24, 2.45) is 0 Å². The standard InChI is InChI=1S/C24H24N4O3/c1-2-3-12-28(15-16-8-10-17(11-9-16)23(29)27-31)24(30)21-13-19-18-6-4-5-7-20(18)26-22(19)14-25-21/h4-11,13-14,26,31H,2-3,12,15H2,1H3,(H,27,29). The van der Waals surface area contributed by atoms with E-state index in [9.17, 15) is 9.59 Å². The van der Waals surface area contributed by atoms with Gasteiger partial charge in [-0.25, -0.2) is 10.5 Å². The van der Waals surface area contributed by atoms with Gasteiger partial charge in [0.05, 0.1) is 11.7 Å². The van der Waals surface area contributed by atoms with E-state index >= 15 is 0 Å². The van der Waals surface area contributed by atoms with Gasteiger partial charge in [-0.2, -0.15) is 0 Å². The van der Waals surface area contributed by atoms with Crippen molar-refractivity contribution >= 4 is 33.6 Å². The monoisotopic (exact) mass is 416 g/mol. The number of para-hydroxylation sites is 1. The highest BCUT2D eigenvalue weighted by Crippen LogP contribution is 2.25. The molecule has 4 aromatic rings. The number of rotatable bonds is 7. The largest absolute Gasteiger partial charge is 0.353 e. The molecule has 4 rings (SSSR count). The number of hydrogen-bond donors (Lipinski definition) is 3. The SMILES string of the molecule is CCCCN(Cc1ccc(C(=O)NO)cc1)C(=O)c1cc2c(cn1)[nH]c1ccccc12. The van der Waals surface area contributed by atoms with E-state index in [2.05, 4.69) is 16.9 Å². The number of unbranched alkanes of at least 4 members (excludes halogenated alkanes) is 1. The molecule has 0 unspecified atom stereocenters. The summed E-state index contributed by atoms with van der Waals surface area (Å²) in [4.78, 5) is 34.4. The quantitative estimate of drug-likeness (QED) is 0.309. The van der Waals surface area contributed by atoms with Gasteiger partial charge >= 0.3 is 0 Å². The van der Waals surface area contributed by atoms with E-state index in [0.717, 1.165) is 40.2 Å². The Bertz CT molecular complexity index is 1230. The molecule has 0 fully saturated rings. The van der Waals surface area contributed by atoms with Crippen molar-refractivity contribution in [1.82, 2.24) is 20.3 Å². The average Bonchev–Trinajstić information content (AvgIpc) is 3.19. The van der Waals surface area contributed by atoms with Crippen LogP contribution >= 0.6 is 0 Å². The van der Waals surface area contributed by atoms with Gasteiger partial charge in [0.25, 0.3) is 11.8 Å². The molecule has 3 N–H and O–H groups in total. The number of aromatic nitrogens is 2. The van der Waals surface area contributed by atoms with E-state index in [1.165, 1.54) is 0 Å². The lowest BCUT2D eigenvalue weighted by atomic mass is 10.1. The second-order valence-corrected chi connectivity index (χ2v) is 7.50. The molecule has 0 atom stereocenters. The van der Waals surface area contributed by atoms with Crippen LogP contribution in [-0.2, 0) is 6.54 Å². The van der Waals surface area contributed by atoms with Gasteiger partial charge in [-0.1, -0.05) is 43.7 Å². The fourth-order valence-electron chi connectivity index (χ4n) is 3.68. The molecule has 7 nitrogen and oxygen atoms in total. The van der Waals surface area contributed by atoms with Crippen LogP contribution in [-0.4, -0.2) is 38.4 Å². The van der Waals surface area contributed by atoms with Crippen molar-refractivity contribution in [2.75, 3.05) is 6.54 Å². The first kappa shape index (κ1) is 20.6.